The Balaban J connectivity index is 0.000000517. The van der Waals surface area contributed by atoms with E-state index < -0.39 is 18.2 Å². The molecule has 1 atom stereocenters. The summed E-state index contributed by atoms with van der Waals surface area (Å²) in [5.41, 5.74) is 10.0. The minimum atomic E-state index is -5.08. The minimum absolute atomic E-state index is 0.0925. The number of hydrogen-bond donors (Lipinski definition) is 4. The van der Waals surface area contributed by atoms with Gasteiger partial charge in [0.1, 0.15) is 5.82 Å². The molecule has 0 saturated carbocycles. The highest BCUT2D eigenvalue weighted by molar-refractivity contribution is 5.83. The molecule has 2 heterocycles. The number of rotatable bonds is 9. The summed E-state index contributed by atoms with van der Waals surface area (Å²) in [4.78, 5) is 24.7. The summed E-state index contributed by atoms with van der Waals surface area (Å²) < 4.78 is 33.8. The van der Waals surface area contributed by atoms with Crippen molar-refractivity contribution in [3.8, 4) is 5.69 Å². The molecule has 218 valence electrons. The van der Waals surface area contributed by atoms with E-state index in [2.05, 4.69) is 43.3 Å². The molecule has 0 aliphatic heterocycles. The van der Waals surface area contributed by atoms with E-state index in [1.54, 1.807) is 0 Å². The van der Waals surface area contributed by atoms with Crippen LogP contribution in [0.2, 0.25) is 0 Å². The zero-order valence-electron chi connectivity index (χ0n) is 22.4. The summed E-state index contributed by atoms with van der Waals surface area (Å²) in [5.74, 6) is -1.46. The van der Waals surface area contributed by atoms with Crippen molar-refractivity contribution in [1.82, 2.24) is 25.1 Å². The van der Waals surface area contributed by atoms with Crippen LogP contribution < -0.4 is 11.1 Å². The van der Waals surface area contributed by atoms with Crippen LogP contribution in [0.5, 0.6) is 0 Å². The molecule has 0 spiro atoms. The Morgan fingerprint density at radius 1 is 0.929 bits per heavy atom. The number of para-hydroxylation sites is 2. The van der Waals surface area contributed by atoms with Crippen molar-refractivity contribution in [2.45, 2.75) is 31.5 Å². The number of fused-ring (bicyclic) bond motifs is 1. The van der Waals surface area contributed by atoms with Gasteiger partial charge in [0.25, 0.3) is 0 Å². The summed E-state index contributed by atoms with van der Waals surface area (Å²) in [5, 5.41) is 20.5. The van der Waals surface area contributed by atoms with Gasteiger partial charge in [0.2, 0.25) is 5.91 Å². The number of H-pyrrole nitrogens is 1. The molecule has 2 aromatic heterocycles. The number of carboxylic acid groups (broad SMARTS) is 1. The van der Waals surface area contributed by atoms with Crippen LogP contribution >= 0.6 is 0 Å². The zero-order chi connectivity index (χ0) is 30.1. The number of nitrogens with two attached hydrogens (primary N) is 1. The van der Waals surface area contributed by atoms with Gasteiger partial charge in [-0.1, -0.05) is 66.7 Å². The standard InChI is InChI=1S/C28H28N6O.C2HF3O2/c29-18-27(35)31-25(17-21-19-30-24-14-8-7-13-23(21)24)28-33-32-26(16-15-20-9-3-1-4-10-20)34(28)22-11-5-2-6-12-22;3-2(4,5)1(6)7/h1-14,19,25,30H,15-18,29H2,(H,31,35);(H,6,7)/t25-;/m1./s1. The van der Waals surface area contributed by atoms with Crippen LogP contribution in [-0.4, -0.2) is 49.5 Å². The van der Waals surface area contributed by atoms with Gasteiger partial charge < -0.3 is 21.1 Å². The highest BCUT2D eigenvalue weighted by atomic mass is 19.4. The summed E-state index contributed by atoms with van der Waals surface area (Å²) in [6.07, 6.45) is -0.976. The molecule has 5 rings (SSSR count). The van der Waals surface area contributed by atoms with E-state index in [-0.39, 0.29) is 12.5 Å². The molecular weight excluding hydrogens is 549 g/mol. The molecule has 0 radical (unpaired) electrons. The number of hydrogen-bond acceptors (Lipinski definition) is 5. The molecule has 0 unspecified atom stereocenters. The van der Waals surface area contributed by atoms with Gasteiger partial charge in [-0.05, 0) is 35.7 Å². The molecule has 42 heavy (non-hydrogen) atoms. The lowest BCUT2D eigenvalue weighted by atomic mass is 10.0. The molecule has 0 aliphatic rings. The molecule has 0 saturated heterocycles. The van der Waals surface area contributed by atoms with E-state index in [4.69, 9.17) is 15.6 Å². The maximum absolute atomic E-state index is 12.5. The molecule has 0 fully saturated rings. The van der Waals surface area contributed by atoms with Crippen molar-refractivity contribution >= 4 is 22.8 Å². The number of benzene rings is 3. The Bertz CT molecular complexity index is 1620. The van der Waals surface area contributed by atoms with Gasteiger partial charge in [-0.25, -0.2) is 4.79 Å². The number of nitrogens with zero attached hydrogens (tertiary/aromatic N) is 3. The summed E-state index contributed by atoms with van der Waals surface area (Å²) in [6.45, 7) is -0.0925. The second-order valence-corrected chi connectivity index (χ2v) is 9.32. The number of aromatic nitrogens is 4. The lowest BCUT2D eigenvalue weighted by molar-refractivity contribution is -0.192. The van der Waals surface area contributed by atoms with Crippen molar-refractivity contribution in [3.05, 3.63) is 114 Å². The van der Waals surface area contributed by atoms with Gasteiger partial charge >= 0.3 is 12.1 Å². The average Bonchev–Trinajstić information content (AvgIpc) is 3.61. The maximum Gasteiger partial charge on any atom is 0.490 e. The van der Waals surface area contributed by atoms with Gasteiger partial charge in [-0.3, -0.25) is 9.36 Å². The highest BCUT2D eigenvalue weighted by Gasteiger charge is 2.38. The largest absolute Gasteiger partial charge is 0.490 e. The fourth-order valence-corrected chi connectivity index (χ4v) is 4.46. The van der Waals surface area contributed by atoms with Gasteiger partial charge in [-0.2, -0.15) is 13.2 Å². The van der Waals surface area contributed by atoms with Crippen LogP contribution in [0.3, 0.4) is 0 Å². The first-order valence-electron chi connectivity index (χ1n) is 13.1. The molecule has 5 N–H and O–H groups in total. The monoisotopic (exact) mass is 578 g/mol. The molecule has 12 heteroatoms. The minimum Gasteiger partial charge on any atom is -0.475 e. The molecule has 5 aromatic rings. The topological polar surface area (TPSA) is 139 Å². The van der Waals surface area contributed by atoms with Gasteiger partial charge in [0, 0.05) is 35.6 Å². The molecule has 0 aliphatic carbocycles. The van der Waals surface area contributed by atoms with Crippen molar-refractivity contribution in [2.75, 3.05) is 6.54 Å². The number of aromatic amines is 1. The van der Waals surface area contributed by atoms with Crippen LogP contribution in [0, 0.1) is 0 Å². The first kappa shape index (κ1) is 30.0. The third kappa shape index (κ3) is 7.61. The van der Waals surface area contributed by atoms with E-state index in [9.17, 15) is 18.0 Å². The third-order valence-electron chi connectivity index (χ3n) is 6.42. The molecule has 3 aromatic carbocycles. The lowest BCUT2D eigenvalue weighted by Gasteiger charge is -2.20. The summed E-state index contributed by atoms with van der Waals surface area (Å²) in [7, 11) is 0. The summed E-state index contributed by atoms with van der Waals surface area (Å²) in [6, 6.07) is 28.1. The number of carboxylic acids is 1. The number of aliphatic carboxylic acids is 1. The second-order valence-electron chi connectivity index (χ2n) is 9.32. The highest BCUT2D eigenvalue weighted by Crippen LogP contribution is 2.26. The molecule has 1 amide bonds. The Kier molecular flexibility index (Phi) is 9.71. The number of carbonyl (C=O) groups is 2. The third-order valence-corrected chi connectivity index (χ3v) is 6.42. The van der Waals surface area contributed by atoms with Crippen LogP contribution in [-0.2, 0) is 28.9 Å². The fourth-order valence-electron chi connectivity index (χ4n) is 4.46. The first-order valence-corrected chi connectivity index (χ1v) is 13.1. The summed E-state index contributed by atoms with van der Waals surface area (Å²) >= 11 is 0. The van der Waals surface area contributed by atoms with E-state index in [1.807, 2.05) is 72.9 Å². The van der Waals surface area contributed by atoms with Crippen molar-refractivity contribution < 1.29 is 27.9 Å². The Labute approximate surface area is 239 Å². The molecular formula is C30H29F3N6O3. The van der Waals surface area contributed by atoms with Gasteiger partial charge in [0.15, 0.2) is 5.82 Å². The normalized spacial score (nSPS) is 11.9. The smallest absolute Gasteiger partial charge is 0.475 e. The number of nitrogens with one attached hydrogen (secondary N) is 2. The Hall–Kier alpha value is -4.97. The number of alkyl halides is 3. The van der Waals surface area contributed by atoms with E-state index in [0.717, 1.165) is 40.8 Å². The van der Waals surface area contributed by atoms with Crippen LogP contribution in [0.25, 0.3) is 16.6 Å². The van der Waals surface area contributed by atoms with E-state index in [0.29, 0.717) is 12.2 Å². The van der Waals surface area contributed by atoms with Crippen molar-refractivity contribution in [3.63, 3.8) is 0 Å². The number of halogens is 3. The predicted molar refractivity (Wildman–Crippen MR) is 151 cm³/mol. The van der Waals surface area contributed by atoms with E-state index >= 15 is 0 Å². The Morgan fingerprint density at radius 2 is 1.55 bits per heavy atom. The molecule has 9 nitrogen and oxygen atoms in total. The lowest BCUT2D eigenvalue weighted by Crippen LogP contribution is -2.36. The maximum atomic E-state index is 12.5. The first-order chi connectivity index (χ1) is 20.2. The zero-order valence-corrected chi connectivity index (χ0v) is 22.4. The van der Waals surface area contributed by atoms with Crippen LogP contribution in [0.15, 0.2) is 91.1 Å². The number of aryl methyl sites for hydroxylation is 2. The average molecular weight is 579 g/mol. The predicted octanol–water partition coefficient (Wildman–Crippen LogP) is 4.53. The fraction of sp³-hybridized carbons (Fsp3) is 0.200. The Morgan fingerprint density at radius 3 is 2.19 bits per heavy atom. The van der Waals surface area contributed by atoms with Gasteiger partial charge in [-0.15, -0.1) is 10.2 Å². The number of amides is 1. The van der Waals surface area contributed by atoms with Crippen LogP contribution in [0.4, 0.5) is 13.2 Å². The van der Waals surface area contributed by atoms with E-state index in [1.165, 1.54) is 5.56 Å². The number of carbonyl (C=O) groups excluding carboxylic acids is 1. The van der Waals surface area contributed by atoms with Gasteiger partial charge in [0.05, 0.1) is 12.6 Å². The van der Waals surface area contributed by atoms with Crippen LogP contribution in [0.1, 0.15) is 28.8 Å². The second kappa shape index (κ2) is 13.6. The van der Waals surface area contributed by atoms with Crippen molar-refractivity contribution in [1.29, 1.82) is 0 Å². The quantitative estimate of drug-likeness (QED) is 0.203. The SMILES string of the molecule is NCC(=O)N[C@H](Cc1c[nH]c2ccccc12)c1nnc(CCc2ccccc2)n1-c1ccccc1.O=C(O)C(F)(F)F. The molecule has 0 bridgehead atoms. The van der Waals surface area contributed by atoms with Crippen molar-refractivity contribution in [2.24, 2.45) is 5.73 Å².